The van der Waals surface area contributed by atoms with Crippen molar-refractivity contribution < 1.29 is 9.31 Å². The van der Waals surface area contributed by atoms with Gasteiger partial charge in [0, 0.05) is 23.9 Å². The molecule has 0 aromatic heterocycles. The number of benzene rings is 2. The van der Waals surface area contributed by atoms with Crippen LogP contribution in [0.1, 0.15) is 5.56 Å². The average molecular weight is 300 g/mol. The summed E-state index contributed by atoms with van der Waals surface area (Å²) >= 11 is 0. The Balaban J connectivity index is 1.92. The van der Waals surface area contributed by atoms with Crippen LogP contribution in [0.4, 0.5) is 21.5 Å². The van der Waals surface area contributed by atoms with Crippen LogP contribution in [0.3, 0.4) is 0 Å². The van der Waals surface area contributed by atoms with E-state index in [4.69, 9.17) is 0 Å². The number of nitro groups is 1. The molecule has 2 aromatic rings. The number of hydrogen-bond donors (Lipinski definition) is 2. The predicted octanol–water partition coefficient (Wildman–Crippen LogP) is 2.83. The van der Waals surface area contributed by atoms with Gasteiger partial charge in [0.2, 0.25) is 0 Å². The molecule has 1 aliphatic rings. The quantitative estimate of drug-likeness (QED) is 0.672. The SMILES string of the molecule is O=[N+]([O-])c1ccc(Nc2ccccc2C2=NCCN2)c(F)c1. The van der Waals surface area contributed by atoms with E-state index in [1.54, 1.807) is 6.07 Å². The van der Waals surface area contributed by atoms with Crippen LogP contribution in [0.15, 0.2) is 47.5 Å². The summed E-state index contributed by atoms with van der Waals surface area (Å²) in [5, 5.41) is 16.8. The van der Waals surface area contributed by atoms with Gasteiger partial charge in [-0.25, -0.2) is 4.39 Å². The Kier molecular flexibility index (Phi) is 3.69. The first-order chi connectivity index (χ1) is 10.6. The van der Waals surface area contributed by atoms with Gasteiger partial charge in [-0.3, -0.25) is 15.1 Å². The van der Waals surface area contributed by atoms with Gasteiger partial charge in [0.15, 0.2) is 5.82 Å². The van der Waals surface area contributed by atoms with Gasteiger partial charge in [0.25, 0.3) is 5.69 Å². The molecule has 0 aliphatic carbocycles. The number of anilines is 2. The van der Waals surface area contributed by atoms with Crippen molar-refractivity contribution in [3.63, 3.8) is 0 Å². The highest BCUT2D eigenvalue weighted by Crippen LogP contribution is 2.26. The molecule has 0 fully saturated rings. The molecule has 0 amide bonds. The van der Waals surface area contributed by atoms with Crippen LogP contribution in [0, 0.1) is 15.9 Å². The van der Waals surface area contributed by atoms with Gasteiger partial charge in [0.05, 0.1) is 23.2 Å². The van der Waals surface area contributed by atoms with E-state index >= 15 is 0 Å². The van der Waals surface area contributed by atoms with E-state index in [2.05, 4.69) is 15.6 Å². The highest BCUT2D eigenvalue weighted by Gasteiger charge is 2.15. The summed E-state index contributed by atoms with van der Waals surface area (Å²) in [6.07, 6.45) is 0. The lowest BCUT2D eigenvalue weighted by Crippen LogP contribution is -2.20. The Hall–Kier alpha value is -2.96. The van der Waals surface area contributed by atoms with Gasteiger partial charge in [0.1, 0.15) is 5.84 Å². The molecule has 1 heterocycles. The fourth-order valence-corrected chi connectivity index (χ4v) is 2.24. The molecule has 1 aliphatic heterocycles. The zero-order chi connectivity index (χ0) is 15.5. The van der Waals surface area contributed by atoms with Gasteiger partial charge in [-0.1, -0.05) is 12.1 Å². The summed E-state index contributed by atoms with van der Waals surface area (Å²) in [5.74, 6) is 0.0794. The van der Waals surface area contributed by atoms with Gasteiger partial charge < -0.3 is 10.6 Å². The van der Waals surface area contributed by atoms with Gasteiger partial charge >= 0.3 is 0 Å². The van der Waals surface area contributed by atoms with E-state index in [1.807, 2.05) is 18.2 Å². The highest BCUT2D eigenvalue weighted by atomic mass is 19.1. The standard InChI is InChI=1S/C15H13FN4O2/c16-12-9-10(20(21)22)5-6-14(12)19-13-4-2-1-3-11(13)15-17-7-8-18-15/h1-6,9,19H,7-8H2,(H,17,18). The molecule has 0 saturated carbocycles. The van der Waals surface area contributed by atoms with E-state index in [1.165, 1.54) is 12.1 Å². The van der Waals surface area contributed by atoms with Gasteiger partial charge in [-0.05, 0) is 18.2 Å². The molecule has 3 rings (SSSR count). The molecule has 0 bridgehead atoms. The minimum atomic E-state index is -0.676. The smallest absolute Gasteiger partial charge is 0.272 e. The highest BCUT2D eigenvalue weighted by molar-refractivity contribution is 6.04. The Morgan fingerprint density at radius 2 is 2.05 bits per heavy atom. The Morgan fingerprint density at radius 3 is 2.73 bits per heavy atom. The molecule has 0 radical (unpaired) electrons. The molecule has 6 nitrogen and oxygen atoms in total. The molecule has 0 atom stereocenters. The first-order valence-corrected chi connectivity index (χ1v) is 6.74. The van der Waals surface area contributed by atoms with Crippen molar-refractivity contribution in [3.05, 3.63) is 64.0 Å². The monoisotopic (exact) mass is 300 g/mol. The van der Waals surface area contributed by atoms with Crippen LogP contribution >= 0.6 is 0 Å². The summed E-state index contributed by atoms with van der Waals surface area (Å²) in [7, 11) is 0. The van der Waals surface area contributed by atoms with Crippen LogP contribution in [-0.2, 0) is 0 Å². The number of nitro benzene ring substituents is 1. The van der Waals surface area contributed by atoms with Crippen LogP contribution < -0.4 is 10.6 Å². The second-order valence-electron chi connectivity index (χ2n) is 4.75. The summed E-state index contributed by atoms with van der Waals surface area (Å²) in [6, 6.07) is 10.9. The Morgan fingerprint density at radius 1 is 1.23 bits per heavy atom. The summed E-state index contributed by atoms with van der Waals surface area (Å²) in [6.45, 7) is 1.48. The second kappa shape index (κ2) is 5.80. The first-order valence-electron chi connectivity index (χ1n) is 6.74. The lowest BCUT2D eigenvalue weighted by Gasteiger charge is -2.13. The zero-order valence-electron chi connectivity index (χ0n) is 11.5. The predicted molar refractivity (Wildman–Crippen MR) is 82.2 cm³/mol. The molecule has 0 spiro atoms. The number of halogens is 1. The van der Waals surface area contributed by atoms with Crippen LogP contribution in [0.2, 0.25) is 0 Å². The molecule has 7 heteroatoms. The number of non-ortho nitro benzene ring substituents is 1. The molecule has 22 heavy (non-hydrogen) atoms. The van der Waals surface area contributed by atoms with Crippen molar-refractivity contribution in [1.29, 1.82) is 0 Å². The van der Waals surface area contributed by atoms with Gasteiger partial charge in [-0.2, -0.15) is 0 Å². The van der Waals surface area contributed by atoms with Crippen molar-refractivity contribution >= 4 is 22.9 Å². The number of hydrogen-bond acceptors (Lipinski definition) is 5. The topological polar surface area (TPSA) is 79.6 Å². The average Bonchev–Trinajstić information content (AvgIpc) is 3.04. The van der Waals surface area contributed by atoms with Crippen molar-refractivity contribution in [2.45, 2.75) is 0 Å². The largest absolute Gasteiger partial charge is 0.368 e. The number of aliphatic imine (C=N–C) groups is 1. The summed E-state index contributed by atoms with van der Waals surface area (Å²) in [5.41, 5.74) is 1.41. The first kappa shape index (κ1) is 14.0. The maximum Gasteiger partial charge on any atom is 0.272 e. The molecule has 112 valence electrons. The van der Waals surface area contributed by atoms with Crippen molar-refractivity contribution in [3.8, 4) is 0 Å². The van der Waals surface area contributed by atoms with E-state index in [0.717, 1.165) is 24.0 Å². The number of nitrogens with one attached hydrogen (secondary N) is 2. The van der Waals surface area contributed by atoms with Crippen molar-refractivity contribution in [1.82, 2.24) is 5.32 Å². The lowest BCUT2D eigenvalue weighted by molar-refractivity contribution is -0.385. The van der Waals surface area contributed by atoms with E-state index in [-0.39, 0.29) is 11.4 Å². The molecule has 2 N–H and O–H groups in total. The molecule has 0 unspecified atom stereocenters. The molecular weight excluding hydrogens is 287 g/mol. The number of nitrogens with zero attached hydrogens (tertiary/aromatic N) is 2. The summed E-state index contributed by atoms with van der Waals surface area (Å²) in [4.78, 5) is 14.4. The third kappa shape index (κ3) is 2.73. The van der Waals surface area contributed by atoms with E-state index < -0.39 is 10.7 Å². The molecule has 0 saturated heterocycles. The van der Waals surface area contributed by atoms with Crippen molar-refractivity contribution in [2.75, 3.05) is 18.4 Å². The Labute approximate surface area is 125 Å². The van der Waals surface area contributed by atoms with Crippen LogP contribution in [-0.4, -0.2) is 23.8 Å². The lowest BCUT2D eigenvalue weighted by atomic mass is 10.1. The van der Waals surface area contributed by atoms with Crippen LogP contribution in [0.5, 0.6) is 0 Å². The normalized spacial score (nSPS) is 13.4. The maximum absolute atomic E-state index is 14.0. The number of amidine groups is 1. The van der Waals surface area contributed by atoms with Gasteiger partial charge in [-0.15, -0.1) is 0 Å². The summed E-state index contributed by atoms with van der Waals surface area (Å²) < 4.78 is 14.0. The maximum atomic E-state index is 14.0. The number of rotatable bonds is 4. The van der Waals surface area contributed by atoms with Crippen LogP contribution in [0.25, 0.3) is 0 Å². The fourth-order valence-electron chi connectivity index (χ4n) is 2.24. The fraction of sp³-hybridized carbons (Fsp3) is 0.133. The van der Waals surface area contributed by atoms with E-state index in [9.17, 15) is 14.5 Å². The molecule has 2 aromatic carbocycles. The third-order valence-electron chi connectivity index (χ3n) is 3.29. The molecular formula is C15H13FN4O2. The van der Waals surface area contributed by atoms with Crippen molar-refractivity contribution in [2.24, 2.45) is 4.99 Å². The number of para-hydroxylation sites is 1. The third-order valence-corrected chi connectivity index (χ3v) is 3.29. The minimum absolute atomic E-state index is 0.177. The second-order valence-corrected chi connectivity index (χ2v) is 4.75. The zero-order valence-corrected chi connectivity index (χ0v) is 11.5. The Bertz CT molecular complexity index is 761. The van der Waals surface area contributed by atoms with E-state index in [0.29, 0.717) is 12.2 Å². The minimum Gasteiger partial charge on any atom is -0.368 e.